The molecule has 1 aliphatic carbocycles. The van der Waals surface area contributed by atoms with Crippen molar-refractivity contribution in [3.8, 4) is 10.6 Å². The predicted molar refractivity (Wildman–Crippen MR) is 114 cm³/mol. The molecular weight excluding hydrogens is 338 g/mol. The molecule has 0 saturated heterocycles. The molecule has 4 rings (SSSR count). The Bertz CT molecular complexity index is 1140. The van der Waals surface area contributed by atoms with E-state index in [0.717, 1.165) is 24.3 Å². The van der Waals surface area contributed by atoms with Gasteiger partial charge in [0.1, 0.15) is 14.1 Å². The van der Waals surface area contributed by atoms with Crippen molar-refractivity contribution in [2.75, 3.05) is 32.1 Å². The van der Waals surface area contributed by atoms with Crippen LogP contribution in [0.2, 0.25) is 0 Å². The molecule has 0 bridgehead atoms. The molecule has 0 atom stereocenters. The van der Waals surface area contributed by atoms with E-state index >= 15 is 0 Å². The molecule has 2 aromatic carbocycles. The van der Waals surface area contributed by atoms with Gasteiger partial charge in [-0.25, -0.2) is 9.56 Å². The second-order valence-corrected chi connectivity index (χ2v) is 7.80. The highest BCUT2D eigenvalue weighted by atomic mass is 32.1. The molecule has 0 radical (unpaired) electrons. The highest BCUT2D eigenvalue weighted by Gasteiger charge is 2.16. The van der Waals surface area contributed by atoms with Gasteiger partial charge >= 0.3 is 0 Å². The molecular formula is C22H24N3S+. The summed E-state index contributed by atoms with van der Waals surface area (Å²) in [4.78, 5) is 8.64. The Morgan fingerprint density at radius 3 is 2.38 bits per heavy atom. The summed E-state index contributed by atoms with van der Waals surface area (Å²) in [7, 11) is 4.20. The molecule has 26 heavy (non-hydrogen) atoms. The van der Waals surface area contributed by atoms with Gasteiger partial charge in [-0.3, -0.25) is 0 Å². The maximum Gasteiger partial charge on any atom is 0.208 e. The molecule has 2 aliphatic rings. The minimum atomic E-state index is 1.02. The zero-order valence-corrected chi connectivity index (χ0v) is 16.6. The van der Waals surface area contributed by atoms with Crippen LogP contribution in [0.4, 0.5) is 5.69 Å². The number of hydrogen-bond acceptors (Lipinski definition) is 3. The average Bonchev–Trinajstić information content (AvgIpc) is 2.66. The zero-order valence-electron chi connectivity index (χ0n) is 15.8. The number of fused-ring (bicyclic) bond motifs is 4. The minimum absolute atomic E-state index is 1.02. The lowest BCUT2D eigenvalue weighted by atomic mass is 10.1. The van der Waals surface area contributed by atoms with Crippen molar-refractivity contribution in [3.05, 3.63) is 53.9 Å². The van der Waals surface area contributed by atoms with Gasteiger partial charge in [-0.1, -0.05) is 18.2 Å². The van der Waals surface area contributed by atoms with Gasteiger partial charge in [0, 0.05) is 30.2 Å². The molecule has 132 valence electrons. The molecule has 4 heteroatoms. The molecule has 0 N–H and O–H groups in total. The van der Waals surface area contributed by atoms with Gasteiger partial charge in [0.25, 0.3) is 0 Å². The van der Waals surface area contributed by atoms with Crippen LogP contribution in [-0.2, 0) is 0 Å². The van der Waals surface area contributed by atoms with E-state index in [4.69, 9.17) is 4.98 Å². The third-order valence-electron chi connectivity index (χ3n) is 4.97. The van der Waals surface area contributed by atoms with Gasteiger partial charge in [-0.15, -0.1) is 11.3 Å². The van der Waals surface area contributed by atoms with Crippen LogP contribution in [-0.4, -0.2) is 32.2 Å². The highest BCUT2D eigenvalue weighted by molar-refractivity contribution is 7.21. The quantitative estimate of drug-likeness (QED) is 0.305. The Hall–Kier alpha value is -2.46. The summed E-state index contributed by atoms with van der Waals surface area (Å²) in [6, 6.07) is 17.5. The Balaban J connectivity index is 2.07. The van der Waals surface area contributed by atoms with Crippen molar-refractivity contribution in [3.63, 3.8) is 0 Å². The van der Waals surface area contributed by atoms with E-state index in [2.05, 4.69) is 85.9 Å². The zero-order chi connectivity index (χ0) is 18.3. The van der Waals surface area contributed by atoms with E-state index in [1.165, 1.54) is 31.4 Å². The number of nitrogens with zero attached hydrogens (tertiary/aromatic N) is 3. The number of benzene rings is 3. The summed E-state index contributed by atoms with van der Waals surface area (Å²) in [5.74, 6) is 0. The molecule has 0 unspecified atom stereocenters. The largest absolute Gasteiger partial charge is 0.372 e. The highest BCUT2D eigenvalue weighted by Crippen LogP contribution is 2.35. The molecule has 1 heterocycles. The van der Waals surface area contributed by atoms with E-state index in [0.29, 0.717) is 0 Å². The molecule has 3 nitrogen and oxygen atoms in total. The number of rotatable bonds is 3. The number of aromatic nitrogens is 1. The van der Waals surface area contributed by atoms with E-state index < -0.39 is 0 Å². The van der Waals surface area contributed by atoms with Crippen LogP contribution >= 0.6 is 11.3 Å². The van der Waals surface area contributed by atoms with E-state index in [9.17, 15) is 0 Å². The third kappa shape index (κ3) is 2.74. The molecule has 0 spiro atoms. The molecule has 0 fully saturated rings. The van der Waals surface area contributed by atoms with Crippen LogP contribution in [0.25, 0.3) is 31.6 Å². The fourth-order valence-corrected chi connectivity index (χ4v) is 4.64. The summed E-state index contributed by atoms with van der Waals surface area (Å²) in [6.45, 7) is 6.43. The smallest absolute Gasteiger partial charge is 0.208 e. The van der Waals surface area contributed by atoms with Crippen molar-refractivity contribution in [2.24, 2.45) is 0 Å². The molecule has 0 amide bonds. The van der Waals surface area contributed by atoms with Crippen LogP contribution in [0.1, 0.15) is 13.8 Å². The maximum atomic E-state index is 5.03. The summed E-state index contributed by atoms with van der Waals surface area (Å²) < 4.78 is 3.42. The third-order valence-corrected chi connectivity index (χ3v) is 6.04. The van der Waals surface area contributed by atoms with Gasteiger partial charge in [0.05, 0.1) is 26.2 Å². The van der Waals surface area contributed by atoms with Crippen LogP contribution in [0, 0.1) is 0 Å². The van der Waals surface area contributed by atoms with Crippen molar-refractivity contribution in [2.45, 2.75) is 13.8 Å². The molecule has 2 aromatic rings. The fourth-order valence-electron chi connectivity index (χ4n) is 3.58. The van der Waals surface area contributed by atoms with Crippen LogP contribution < -0.4 is 14.8 Å². The lowest BCUT2D eigenvalue weighted by Gasteiger charge is -2.21. The summed E-state index contributed by atoms with van der Waals surface area (Å²) >= 11 is 1.83. The first-order valence-corrected chi connectivity index (χ1v) is 9.95. The monoisotopic (exact) mass is 362 g/mol. The number of anilines is 1. The topological polar surface area (TPSA) is 19.1 Å². The number of hydrogen-bond donors (Lipinski definition) is 0. The summed E-state index contributed by atoms with van der Waals surface area (Å²) in [6.07, 6.45) is 0. The van der Waals surface area contributed by atoms with E-state index in [1.807, 2.05) is 11.3 Å². The average molecular weight is 363 g/mol. The minimum Gasteiger partial charge on any atom is -0.372 e. The van der Waals surface area contributed by atoms with Gasteiger partial charge in [0.15, 0.2) is 0 Å². The lowest BCUT2D eigenvalue weighted by molar-refractivity contribution is 0.821. The standard InChI is InChI=1S/C22H24N3S/c1-5-25(6-2)15-11-12-18-20(13-15)26-21-14-19(24(3)4)16-9-7-8-10-17(16)22(21)23-18/h7-14H,5-6H2,1-4H3/q+1. The molecule has 1 aliphatic heterocycles. The Kier molecular flexibility index (Phi) is 4.37. The lowest BCUT2D eigenvalue weighted by Crippen LogP contribution is -2.22. The SMILES string of the molecule is CCN(CC)c1ccc2nc3c4ccccc4c(=[N+](C)C)cc-3sc2c1. The van der Waals surface area contributed by atoms with Gasteiger partial charge in [0.2, 0.25) is 5.36 Å². The van der Waals surface area contributed by atoms with Gasteiger partial charge in [-0.2, -0.15) is 0 Å². The first-order chi connectivity index (χ1) is 12.6. The normalized spacial score (nSPS) is 11.4. The summed E-state index contributed by atoms with van der Waals surface area (Å²) in [5, 5.41) is 3.72. The Morgan fingerprint density at radius 2 is 1.69 bits per heavy atom. The first-order valence-electron chi connectivity index (χ1n) is 9.14. The second kappa shape index (κ2) is 6.69. The van der Waals surface area contributed by atoms with Crippen molar-refractivity contribution >= 4 is 38.0 Å². The Morgan fingerprint density at radius 1 is 0.962 bits per heavy atom. The summed E-state index contributed by atoms with van der Waals surface area (Å²) in [5.41, 5.74) is 3.44. The van der Waals surface area contributed by atoms with E-state index in [-0.39, 0.29) is 0 Å². The van der Waals surface area contributed by atoms with Crippen LogP contribution in [0.5, 0.6) is 0 Å². The van der Waals surface area contributed by atoms with Gasteiger partial charge < -0.3 is 4.90 Å². The molecule has 0 saturated carbocycles. The first kappa shape index (κ1) is 17.0. The van der Waals surface area contributed by atoms with Crippen molar-refractivity contribution in [1.29, 1.82) is 0 Å². The Labute approximate surface area is 158 Å². The van der Waals surface area contributed by atoms with Crippen molar-refractivity contribution in [1.82, 2.24) is 9.56 Å². The van der Waals surface area contributed by atoms with E-state index in [1.54, 1.807) is 0 Å². The second-order valence-electron chi connectivity index (χ2n) is 6.72. The van der Waals surface area contributed by atoms with Gasteiger partial charge in [-0.05, 0) is 38.1 Å². The maximum absolute atomic E-state index is 5.03. The van der Waals surface area contributed by atoms with Crippen LogP contribution in [0.3, 0.4) is 0 Å². The molecule has 0 aromatic heterocycles. The fraction of sp³-hybridized carbons (Fsp3) is 0.273. The van der Waals surface area contributed by atoms with Crippen molar-refractivity contribution < 1.29 is 0 Å². The predicted octanol–water partition coefficient (Wildman–Crippen LogP) is 4.43. The van der Waals surface area contributed by atoms with Crippen LogP contribution in [0.15, 0.2) is 48.5 Å².